The van der Waals surface area contributed by atoms with Crippen LogP contribution in [0, 0.1) is 0 Å². The van der Waals surface area contributed by atoms with Gasteiger partial charge in [0.05, 0.1) is 0 Å². The van der Waals surface area contributed by atoms with Gasteiger partial charge in [0.1, 0.15) is 0 Å². The maximum absolute atomic E-state index is 5.42. The average molecular weight is 141 g/mol. The second-order valence-electron chi connectivity index (χ2n) is 1.95. The maximum Gasteiger partial charge on any atom is 0.243 e. The predicted octanol–water partition coefficient (Wildman–Crippen LogP) is -0.171. The zero-order valence-electron chi connectivity index (χ0n) is 6.13. The smallest absolute Gasteiger partial charge is 0.243 e. The normalized spacial score (nSPS) is 9.80. The monoisotopic (exact) mass is 141 g/mol. The minimum absolute atomic E-state index is 0.427. The summed E-state index contributed by atoms with van der Waals surface area (Å²) in [6, 6.07) is 0. The number of aromatic nitrogens is 3. The summed E-state index contributed by atoms with van der Waals surface area (Å²) in [6.45, 7) is 2.79. The first-order valence-corrected chi connectivity index (χ1v) is 3.14. The van der Waals surface area contributed by atoms with Crippen LogP contribution in [0.5, 0.6) is 0 Å². The van der Waals surface area contributed by atoms with Gasteiger partial charge in [0.2, 0.25) is 11.9 Å². The molecule has 0 aliphatic rings. The van der Waals surface area contributed by atoms with E-state index in [0.29, 0.717) is 11.9 Å². The van der Waals surface area contributed by atoms with Gasteiger partial charge in [-0.15, -0.1) is 5.10 Å². The van der Waals surface area contributed by atoms with E-state index in [9.17, 15) is 0 Å². The van der Waals surface area contributed by atoms with E-state index < -0.39 is 0 Å². The van der Waals surface area contributed by atoms with E-state index in [2.05, 4.69) is 15.4 Å². The summed E-state index contributed by atoms with van der Waals surface area (Å²) in [5.41, 5.74) is 5.42. The lowest BCUT2D eigenvalue weighted by atomic mass is 10.7. The Morgan fingerprint density at radius 3 is 2.80 bits per heavy atom. The van der Waals surface area contributed by atoms with Crippen LogP contribution in [0.4, 0.5) is 11.9 Å². The van der Waals surface area contributed by atoms with Gasteiger partial charge < -0.3 is 11.1 Å². The first kappa shape index (κ1) is 6.85. The molecule has 1 heterocycles. The van der Waals surface area contributed by atoms with Gasteiger partial charge in [0.25, 0.3) is 0 Å². The number of aryl methyl sites for hydroxylation is 1. The minimum atomic E-state index is 0.427. The van der Waals surface area contributed by atoms with Crippen LogP contribution >= 0.6 is 0 Å². The third-order valence-electron chi connectivity index (χ3n) is 1.13. The SMILES string of the molecule is CCNc1nc(N)n(C)n1. The molecule has 0 amide bonds. The van der Waals surface area contributed by atoms with Crippen molar-refractivity contribution in [3.63, 3.8) is 0 Å². The Kier molecular flexibility index (Phi) is 1.75. The Morgan fingerprint density at radius 2 is 2.40 bits per heavy atom. The Morgan fingerprint density at radius 1 is 1.70 bits per heavy atom. The van der Waals surface area contributed by atoms with Crippen LogP contribution in [-0.4, -0.2) is 21.3 Å². The molecule has 0 saturated heterocycles. The van der Waals surface area contributed by atoms with Crippen molar-refractivity contribution >= 4 is 11.9 Å². The topological polar surface area (TPSA) is 68.8 Å². The average Bonchev–Trinajstić information content (AvgIpc) is 2.14. The van der Waals surface area contributed by atoms with E-state index in [1.54, 1.807) is 7.05 Å². The fourth-order valence-corrected chi connectivity index (χ4v) is 0.630. The second kappa shape index (κ2) is 2.55. The summed E-state index contributed by atoms with van der Waals surface area (Å²) >= 11 is 0. The molecule has 0 aliphatic carbocycles. The molecule has 1 aromatic heterocycles. The zero-order chi connectivity index (χ0) is 7.56. The molecule has 0 fully saturated rings. The van der Waals surface area contributed by atoms with Crippen molar-refractivity contribution in [1.82, 2.24) is 14.8 Å². The lowest BCUT2D eigenvalue weighted by Gasteiger charge is -1.90. The van der Waals surface area contributed by atoms with Crippen molar-refractivity contribution in [2.75, 3.05) is 17.6 Å². The largest absolute Gasteiger partial charge is 0.368 e. The minimum Gasteiger partial charge on any atom is -0.368 e. The number of nitrogens with two attached hydrogens (primary N) is 1. The highest BCUT2D eigenvalue weighted by Crippen LogP contribution is 2.00. The number of hydrogen-bond acceptors (Lipinski definition) is 4. The fraction of sp³-hybridized carbons (Fsp3) is 0.600. The highest BCUT2D eigenvalue weighted by atomic mass is 15.4. The van der Waals surface area contributed by atoms with Gasteiger partial charge in [-0.1, -0.05) is 0 Å². The molecule has 0 unspecified atom stereocenters. The van der Waals surface area contributed by atoms with Crippen LogP contribution in [0.15, 0.2) is 0 Å². The predicted molar refractivity (Wildman–Crippen MR) is 39.6 cm³/mol. The quantitative estimate of drug-likeness (QED) is 0.600. The molecule has 1 aromatic rings. The standard InChI is InChI=1S/C5H11N5/c1-3-7-5-8-4(6)10(2)9-5/h3H2,1-2H3,(H3,6,7,8,9). The van der Waals surface area contributed by atoms with Gasteiger partial charge in [0, 0.05) is 13.6 Å². The first-order chi connectivity index (χ1) is 4.74. The summed E-state index contributed by atoms with van der Waals surface area (Å²) in [7, 11) is 1.75. The molecule has 0 radical (unpaired) electrons. The van der Waals surface area contributed by atoms with Crippen LogP contribution in [0.25, 0.3) is 0 Å². The van der Waals surface area contributed by atoms with Crippen molar-refractivity contribution < 1.29 is 0 Å². The van der Waals surface area contributed by atoms with E-state index in [0.717, 1.165) is 6.54 Å². The molecule has 10 heavy (non-hydrogen) atoms. The zero-order valence-corrected chi connectivity index (χ0v) is 6.13. The van der Waals surface area contributed by atoms with Crippen molar-refractivity contribution in [3.8, 4) is 0 Å². The van der Waals surface area contributed by atoms with Crippen molar-refractivity contribution in [3.05, 3.63) is 0 Å². The number of anilines is 2. The van der Waals surface area contributed by atoms with Gasteiger partial charge in [0.15, 0.2) is 0 Å². The highest BCUT2D eigenvalue weighted by molar-refractivity contribution is 5.30. The van der Waals surface area contributed by atoms with Gasteiger partial charge >= 0.3 is 0 Å². The van der Waals surface area contributed by atoms with Gasteiger partial charge in [-0.2, -0.15) is 4.98 Å². The van der Waals surface area contributed by atoms with E-state index >= 15 is 0 Å². The number of nitrogen functional groups attached to an aromatic ring is 1. The Bertz CT molecular complexity index is 196. The molecule has 0 spiro atoms. The molecule has 56 valence electrons. The molecular weight excluding hydrogens is 130 g/mol. The Hall–Kier alpha value is -1.26. The molecule has 0 atom stereocenters. The summed E-state index contributed by atoms with van der Waals surface area (Å²) in [4.78, 5) is 3.92. The summed E-state index contributed by atoms with van der Waals surface area (Å²) in [5.74, 6) is 1.01. The van der Waals surface area contributed by atoms with Crippen molar-refractivity contribution in [2.45, 2.75) is 6.92 Å². The second-order valence-corrected chi connectivity index (χ2v) is 1.95. The number of rotatable bonds is 2. The van der Waals surface area contributed by atoms with E-state index in [4.69, 9.17) is 5.73 Å². The third kappa shape index (κ3) is 1.18. The van der Waals surface area contributed by atoms with Crippen molar-refractivity contribution in [1.29, 1.82) is 0 Å². The molecule has 3 N–H and O–H groups in total. The molecular formula is C5H11N5. The number of nitrogens with one attached hydrogen (secondary N) is 1. The van der Waals surface area contributed by atoms with Gasteiger partial charge in [-0.05, 0) is 6.92 Å². The van der Waals surface area contributed by atoms with Gasteiger partial charge in [-0.3, -0.25) is 0 Å². The maximum atomic E-state index is 5.42. The summed E-state index contributed by atoms with van der Waals surface area (Å²) in [6.07, 6.45) is 0. The lowest BCUT2D eigenvalue weighted by Crippen LogP contribution is -1.99. The van der Waals surface area contributed by atoms with Crippen LogP contribution in [0.1, 0.15) is 6.92 Å². The fourth-order valence-electron chi connectivity index (χ4n) is 0.630. The Labute approximate surface area is 59.2 Å². The van der Waals surface area contributed by atoms with Crippen LogP contribution < -0.4 is 11.1 Å². The molecule has 1 rings (SSSR count). The van der Waals surface area contributed by atoms with E-state index in [-0.39, 0.29) is 0 Å². The summed E-state index contributed by atoms with van der Waals surface area (Å²) < 4.78 is 1.53. The van der Waals surface area contributed by atoms with Crippen LogP contribution in [0.2, 0.25) is 0 Å². The first-order valence-electron chi connectivity index (χ1n) is 3.14. The lowest BCUT2D eigenvalue weighted by molar-refractivity contribution is 0.779. The molecule has 5 heteroatoms. The summed E-state index contributed by atoms with van der Waals surface area (Å²) in [5, 5.41) is 6.92. The van der Waals surface area contributed by atoms with Crippen LogP contribution in [-0.2, 0) is 7.05 Å². The van der Waals surface area contributed by atoms with Crippen LogP contribution in [0.3, 0.4) is 0 Å². The molecule has 0 aliphatic heterocycles. The van der Waals surface area contributed by atoms with E-state index in [1.165, 1.54) is 4.68 Å². The number of nitrogens with zero attached hydrogens (tertiary/aromatic N) is 3. The third-order valence-corrected chi connectivity index (χ3v) is 1.13. The molecule has 0 aromatic carbocycles. The molecule has 0 bridgehead atoms. The molecule has 0 saturated carbocycles. The van der Waals surface area contributed by atoms with Crippen molar-refractivity contribution in [2.24, 2.45) is 7.05 Å². The van der Waals surface area contributed by atoms with Gasteiger partial charge in [-0.25, -0.2) is 4.68 Å². The van der Waals surface area contributed by atoms with E-state index in [1.807, 2.05) is 6.92 Å². The molecule has 5 nitrogen and oxygen atoms in total. The number of hydrogen-bond donors (Lipinski definition) is 2. The highest BCUT2D eigenvalue weighted by Gasteiger charge is 1.99. The Balaban J connectivity index is 2.77.